The zero-order chi connectivity index (χ0) is 17.8. The molecule has 0 saturated carbocycles. The number of carbonyl (C=O) groups excluding carboxylic acids is 2. The maximum absolute atomic E-state index is 11.7. The summed E-state index contributed by atoms with van der Waals surface area (Å²) < 4.78 is 5.12. The van der Waals surface area contributed by atoms with E-state index in [0.29, 0.717) is 11.3 Å². The minimum atomic E-state index is -1.60. The van der Waals surface area contributed by atoms with Crippen LogP contribution >= 0.6 is 0 Å². The van der Waals surface area contributed by atoms with E-state index in [4.69, 9.17) is 15.6 Å². The summed E-state index contributed by atoms with van der Waals surface area (Å²) in [7, 11) is 0. The number of rotatable bonds is 5. The molecule has 1 amide bonds. The summed E-state index contributed by atoms with van der Waals surface area (Å²) in [5, 5.41) is 11.5. The Kier molecular flexibility index (Phi) is 5.50. The molecule has 0 radical (unpaired) electrons. The highest BCUT2D eigenvalue weighted by molar-refractivity contribution is 5.91. The van der Waals surface area contributed by atoms with Gasteiger partial charge in [0.1, 0.15) is 11.1 Å². The van der Waals surface area contributed by atoms with Gasteiger partial charge < -0.3 is 15.6 Å². The first-order valence-electron chi connectivity index (χ1n) is 7.06. The molecule has 0 unspecified atom stereocenters. The number of nitrogens with two attached hydrogens (primary N) is 1. The Morgan fingerprint density at radius 2 is 1.70 bits per heavy atom. The molecular weight excluding hydrogens is 300 g/mol. The van der Waals surface area contributed by atoms with Crippen molar-refractivity contribution in [2.24, 2.45) is 5.73 Å². The van der Waals surface area contributed by atoms with E-state index in [1.165, 1.54) is 31.2 Å². The lowest BCUT2D eigenvalue weighted by Crippen LogP contribution is -2.45. The average molecular weight is 322 g/mol. The van der Waals surface area contributed by atoms with Crippen LogP contribution < -0.4 is 11.1 Å². The minimum Gasteiger partial charge on any atom is -0.481 e. The number of nitrogens with one attached hydrogen (secondary N) is 1. The van der Waals surface area contributed by atoms with Gasteiger partial charge in [-0.1, -0.05) is 12.1 Å². The molecule has 0 saturated heterocycles. The number of ether oxygens (including phenoxy) is 1. The van der Waals surface area contributed by atoms with Gasteiger partial charge in [0.15, 0.2) is 5.78 Å². The highest BCUT2D eigenvalue weighted by Crippen LogP contribution is 2.25. The van der Waals surface area contributed by atoms with Gasteiger partial charge in [-0.3, -0.25) is 14.9 Å². The molecule has 126 valence electrons. The Morgan fingerprint density at radius 1 is 1.17 bits per heavy atom. The van der Waals surface area contributed by atoms with Crippen molar-refractivity contribution >= 4 is 23.5 Å². The molecule has 0 spiro atoms. The fourth-order valence-corrected chi connectivity index (χ4v) is 1.94. The zero-order valence-electron chi connectivity index (χ0n) is 13.7. The van der Waals surface area contributed by atoms with Crippen LogP contribution in [-0.2, 0) is 19.9 Å². The number of ketones is 1. The number of anilines is 1. The lowest BCUT2D eigenvalue weighted by Gasteiger charge is -2.25. The van der Waals surface area contributed by atoms with Gasteiger partial charge in [0, 0.05) is 5.69 Å². The summed E-state index contributed by atoms with van der Waals surface area (Å²) in [6, 6.07) is 6.09. The van der Waals surface area contributed by atoms with Crippen LogP contribution in [0, 0.1) is 0 Å². The van der Waals surface area contributed by atoms with Crippen LogP contribution in [0.25, 0.3) is 0 Å². The van der Waals surface area contributed by atoms with E-state index in [1.807, 2.05) is 0 Å². The monoisotopic (exact) mass is 322 g/mol. The van der Waals surface area contributed by atoms with E-state index in [9.17, 15) is 14.4 Å². The number of carboxylic acids is 1. The van der Waals surface area contributed by atoms with Crippen LogP contribution in [0.4, 0.5) is 10.5 Å². The summed E-state index contributed by atoms with van der Waals surface area (Å²) >= 11 is 0. The van der Waals surface area contributed by atoms with Crippen LogP contribution in [0.2, 0.25) is 0 Å². The lowest BCUT2D eigenvalue weighted by atomic mass is 9.84. The summed E-state index contributed by atoms with van der Waals surface area (Å²) in [5.41, 5.74) is 4.55. The normalized spacial score (nSPS) is 13.8. The predicted molar refractivity (Wildman–Crippen MR) is 85.1 cm³/mol. The maximum atomic E-state index is 11.7. The highest BCUT2D eigenvalue weighted by atomic mass is 16.6. The van der Waals surface area contributed by atoms with E-state index in [2.05, 4.69) is 5.32 Å². The smallest absolute Gasteiger partial charge is 0.412 e. The Morgan fingerprint density at radius 3 is 2.09 bits per heavy atom. The molecule has 23 heavy (non-hydrogen) atoms. The first-order chi connectivity index (χ1) is 10.4. The van der Waals surface area contributed by atoms with E-state index in [0.717, 1.165) is 0 Å². The molecule has 0 aromatic heterocycles. The van der Waals surface area contributed by atoms with Crippen LogP contribution in [0.3, 0.4) is 0 Å². The van der Waals surface area contributed by atoms with Crippen molar-refractivity contribution in [1.82, 2.24) is 0 Å². The Hall–Kier alpha value is -2.41. The molecule has 1 rings (SSSR count). The SMILES string of the molecule is CC(=O)[C@](N)(CC(=O)O)c1ccc(NC(=O)OC(C)(C)C)cc1. The van der Waals surface area contributed by atoms with Crippen LogP contribution in [0.5, 0.6) is 0 Å². The Labute approximate surface area is 134 Å². The van der Waals surface area contributed by atoms with Gasteiger partial charge in [-0.05, 0) is 45.4 Å². The van der Waals surface area contributed by atoms with Crippen LogP contribution in [0.1, 0.15) is 39.7 Å². The Balaban J connectivity index is 2.92. The Bertz CT molecular complexity index is 604. The fourth-order valence-electron chi connectivity index (χ4n) is 1.94. The van der Waals surface area contributed by atoms with Gasteiger partial charge in [0.2, 0.25) is 0 Å². The number of aliphatic carboxylic acids is 1. The maximum Gasteiger partial charge on any atom is 0.412 e. The molecule has 0 aliphatic carbocycles. The molecule has 0 heterocycles. The van der Waals surface area contributed by atoms with Crippen molar-refractivity contribution in [2.45, 2.75) is 45.3 Å². The number of amides is 1. The molecule has 0 bridgehead atoms. The average Bonchev–Trinajstić information content (AvgIpc) is 2.35. The second kappa shape index (κ2) is 6.78. The van der Waals surface area contributed by atoms with E-state index in [1.54, 1.807) is 20.8 Å². The number of Topliss-reactive ketones (excluding diaryl/α,β-unsaturated/α-hetero) is 1. The van der Waals surface area contributed by atoms with Crippen molar-refractivity contribution in [2.75, 3.05) is 5.32 Å². The molecule has 1 atom stereocenters. The van der Waals surface area contributed by atoms with Gasteiger partial charge in [0.05, 0.1) is 6.42 Å². The molecule has 0 fully saturated rings. The molecule has 0 aliphatic heterocycles. The fraction of sp³-hybridized carbons (Fsp3) is 0.438. The molecule has 1 aromatic rings. The zero-order valence-corrected chi connectivity index (χ0v) is 13.7. The molecule has 7 heteroatoms. The number of carboxylic acid groups (broad SMARTS) is 1. The van der Waals surface area contributed by atoms with Crippen molar-refractivity contribution in [3.63, 3.8) is 0 Å². The van der Waals surface area contributed by atoms with Crippen molar-refractivity contribution in [3.8, 4) is 0 Å². The second-order valence-electron chi connectivity index (χ2n) is 6.30. The summed E-state index contributed by atoms with van der Waals surface area (Å²) in [6.45, 7) is 6.49. The number of hydrogen-bond donors (Lipinski definition) is 3. The summed E-state index contributed by atoms with van der Waals surface area (Å²) in [4.78, 5) is 34.3. The molecule has 7 nitrogen and oxygen atoms in total. The van der Waals surface area contributed by atoms with E-state index < -0.39 is 35.4 Å². The van der Waals surface area contributed by atoms with Crippen molar-refractivity contribution < 1.29 is 24.2 Å². The molecule has 4 N–H and O–H groups in total. The van der Waals surface area contributed by atoms with Crippen LogP contribution in [-0.4, -0.2) is 28.6 Å². The van der Waals surface area contributed by atoms with E-state index in [-0.39, 0.29) is 0 Å². The minimum absolute atomic E-state index is 0.363. The van der Waals surface area contributed by atoms with Crippen molar-refractivity contribution in [3.05, 3.63) is 29.8 Å². The third kappa shape index (κ3) is 5.37. The standard InChI is InChI=1S/C16H22N2O5/c1-10(19)16(17,9-13(20)21)11-5-7-12(8-6-11)18-14(22)23-15(2,3)4/h5-8H,9,17H2,1-4H3,(H,18,22)(H,20,21)/t16-/m1/s1. The first-order valence-corrected chi connectivity index (χ1v) is 7.06. The van der Waals surface area contributed by atoms with Gasteiger partial charge in [-0.2, -0.15) is 0 Å². The molecule has 0 aliphatic rings. The van der Waals surface area contributed by atoms with E-state index >= 15 is 0 Å². The summed E-state index contributed by atoms with van der Waals surface area (Å²) in [6.07, 6.45) is -1.12. The number of benzene rings is 1. The molecular formula is C16H22N2O5. The van der Waals surface area contributed by atoms with Crippen molar-refractivity contribution in [1.29, 1.82) is 0 Å². The topological polar surface area (TPSA) is 119 Å². The van der Waals surface area contributed by atoms with Gasteiger partial charge in [-0.15, -0.1) is 0 Å². The quantitative estimate of drug-likeness (QED) is 0.765. The van der Waals surface area contributed by atoms with Gasteiger partial charge in [0.25, 0.3) is 0 Å². The third-order valence-electron chi connectivity index (χ3n) is 3.10. The predicted octanol–water partition coefficient (Wildman–Crippen LogP) is 2.25. The second-order valence-corrected chi connectivity index (χ2v) is 6.30. The van der Waals surface area contributed by atoms with Crippen LogP contribution in [0.15, 0.2) is 24.3 Å². The first kappa shape index (κ1) is 18.6. The number of hydrogen-bond acceptors (Lipinski definition) is 5. The lowest BCUT2D eigenvalue weighted by molar-refractivity contribution is -0.141. The summed E-state index contributed by atoms with van der Waals surface area (Å²) in [5.74, 6) is -1.62. The number of carbonyl (C=O) groups is 3. The largest absolute Gasteiger partial charge is 0.481 e. The van der Waals surface area contributed by atoms with Gasteiger partial charge in [-0.25, -0.2) is 4.79 Å². The highest BCUT2D eigenvalue weighted by Gasteiger charge is 2.35. The van der Waals surface area contributed by atoms with Gasteiger partial charge >= 0.3 is 12.1 Å². The molecule has 1 aromatic carbocycles. The third-order valence-corrected chi connectivity index (χ3v) is 3.10.